The summed E-state index contributed by atoms with van der Waals surface area (Å²) in [7, 11) is 0. The number of hydrogen-bond donors (Lipinski definition) is 1. The molecule has 6 atom stereocenters. The van der Waals surface area contributed by atoms with Crippen LogP contribution in [0.25, 0.3) is 0 Å². The number of phenolic OH excluding ortho intramolecular Hbond substituents is 1. The molecule has 2 aliphatic heterocycles. The number of non-ortho nitro benzene ring substituents is 1. The number of aromatic hydroxyl groups is 1. The molecule has 222 valence electrons. The zero-order valence-corrected chi connectivity index (χ0v) is 23.4. The van der Waals surface area contributed by atoms with Crippen molar-refractivity contribution >= 4 is 40.7 Å². The topological polar surface area (TPSA) is 138 Å². The summed E-state index contributed by atoms with van der Waals surface area (Å²) in [5, 5.41) is 21.1. The van der Waals surface area contributed by atoms with Gasteiger partial charge in [-0.2, -0.15) is 0 Å². The highest BCUT2D eigenvalue weighted by atomic mass is 19.1. The third-order valence-corrected chi connectivity index (χ3v) is 9.91. The Hall–Kier alpha value is -5.19. The molecular weight excluding hydrogens is 569 g/mol. The van der Waals surface area contributed by atoms with Gasteiger partial charge in [-0.3, -0.25) is 34.2 Å². The molecule has 11 heteroatoms. The van der Waals surface area contributed by atoms with Gasteiger partial charge in [0.15, 0.2) is 11.6 Å². The molecule has 10 nitrogen and oxygen atoms in total. The Kier molecular flexibility index (Phi) is 6.07. The van der Waals surface area contributed by atoms with Gasteiger partial charge in [0.1, 0.15) is 0 Å². The molecule has 2 aliphatic carbocycles. The standard InChI is InChI=1S/C33H26FN3O7/c1-33-24(30(40)36(32(33)42)18-5-3-2-4-6-18)16-23-21(28(33)17-7-14-26(38)25(34)15-17)12-13-22-27(23)31(41)35(29(22)39)19-8-10-20(11-9-19)37(43)44/h2-12,14-15,22-24,27-28,38H,13,16H2,1H3. The number of nitro groups is 1. The molecular formula is C33H26FN3O7. The van der Waals surface area contributed by atoms with Crippen molar-refractivity contribution in [3.05, 3.63) is 106 Å². The van der Waals surface area contributed by atoms with Gasteiger partial charge < -0.3 is 5.11 Å². The van der Waals surface area contributed by atoms with Crippen LogP contribution in [0.2, 0.25) is 0 Å². The molecule has 0 bridgehead atoms. The number of amides is 4. The second-order valence-corrected chi connectivity index (χ2v) is 12.0. The Balaban J connectivity index is 1.34. The van der Waals surface area contributed by atoms with E-state index in [9.17, 15) is 38.8 Å². The number of fused-ring (bicyclic) bond motifs is 4. The third-order valence-electron chi connectivity index (χ3n) is 9.91. The molecule has 4 aliphatic rings. The van der Waals surface area contributed by atoms with Crippen molar-refractivity contribution in [2.24, 2.45) is 29.1 Å². The number of imide groups is 2. The Morgan fingerprint density at radius 3 is 2.23 bits per heavy atom. The van der Waals surface area contributed by atoms with Crippen LogP contribution < -0.4 is 9.80 Å². The van der Waals surface area contributed by atoms with Gasteiger partial charge >= 0.3 is 0 Å². The predicted molar refractivity (Wildman–Crippen MR) is 155 cm³/mol. The molecule has 44 heavy (non-hydrogen) atoms. The Morgan fingerprint density at radius 2 is 1.57 bits per heavy atom. The van der Waals surface area contributed by atoms with Gasteiger partial charge in [-0.15, -0.1) is 0 Å². The van der Waals surface area contributed by atoms with Gasteiger partial charge in [0.2, 0.25) is 23.6 Å². The lowest BCUT2D eigenvalue weighted by Crippen LogP contribution is -2.48. The number of benzene rings is 3. The zero-order chi connectivity index (χ0) is 31.1. The fourth-order valence-electron chi connectivity index (χ4n) is 7.90. The van der Waals surface area contributed by atoms with Crippen LogP contribution in [0.5, 0.6) is 5.75 Å². The Labute approximate surface area is 250 Å². The first-order valence-electron chi connectivity index (χ1n) is 14.3. The first-order valence-corrected chi connectivity index (χ1v) is 14.3. The van der Waals surface area contributed by atoms with E-state index in [0.29, 0.717) is 16.8 Å². The maximum absolute atomic E-state index is 14.8. The number of nitrogens with zero attached hydrogens (tertiary/aromatic N) is 3. The number of carbonyl (C=O) groups excluding carboxylic acids is 4. The highest BCUT2D eigenvalue weighted by Gasteiger charge is 2.67. The number of phenols is 1. The SMILES string of the molecule is CC12C(=O)N(c3ccccc3)C(=O)C1CC1C(=CCC3C(=O)N(c4ccc([N+](=O)[O-])cc4)C(=O)C31)C2c1ccc(O)c(F)c1. The second-order valence-electron chi connectivity index (χ2n) is 12.0. The minimum Gasteiger partial charge on any atom is -0.505 e. The molecule has 2 saturated heterocycles. The van der Waals surface area contributed by atoms with Gasteiger partial charge in [-0.1, -0.05) is 35.9 Å². The van der Waals surface area contributed by atoms with E-state index in [1.54, 1.807) is 37.3 Å². The van der Waals surface area contributed by atoms with Crippen molar-refractivity contribution in [3.63, 3.8) is 0 Å². The smallest absolute Gasteiger partial charge is 0.269 e. The normalized spacial score (nSPS) is 29.3. The van der Waals surface area contributed by atoms with E-state index in [-0.39, 0.29) is 24.2 Å². The van der Waals surface area contributed by atoms with Crippen LogP contribution in [0.1, 0.15) is 31.2 Å². The number of rotatable bonds is 4. The molecule has 6 unspecified atom stereocenters. The number of carbonyl (C=O) groups is 4. The quantitative estimate of drug-likeness (QED) is 0.196. The summed E-state index contributed by atoms with van der Waals surface area (Å²) < 4.78 is 14.8. The number of para-hydroxylation sites is 1. The predicted octanol–water partition coefficient (Wildman–Crippen LogP) is 4.87. The summed E-state index contributed by atoms with van der Waals surface area (Å²) in [5.41, 5.74) is 0.147. The molecule has 1 saturated carbocycles. The van der Waals surface area contributed by atoms with Gasteiger partial charge in [-0.25, -0.2) is 9.29 Å². The largest absolute Gasteiger partial charge is 0.505 e. The van der Waals surface area contributed by atoms with E-state index in [0.717, 1.165) is 15.9 Å². The second kappa shape index (κ2) is 9.66. The van der Waals surface area contributed by atoms with Crippen molar-refractivity contribution in [2.45, 2.75) is 25.7 Å². The number of halogens is 1. The average Bonchev–Trinajstić information content (AvgIpc) is 3.38. The number of nitro benzene ring substituents is 1. The van der Waals surface area contributed by atoms with Crippen LogP contribution in [0.3, 0.4) is 0 Å². The lowest BCUT2D eigenvalue weighted by Gasteiger charge is -2.49. The molecule has 1 N–H and O–H groups in total. The first kappa shape index (κ1) is 27.6. The van der Waals surface area contributed by atoms with E-state index in [2.05, 4.69) is 0 Å². The lowest BCUT2D eigenvalue weighted by atomic mass is 9.51. The van der Waals surface area contributed by atoms with Crippen LogP contribution in [0, 0.1) is 45.0 Å². The summed E-state index contributed by atoms with van der Waals surface area (Å²) in [6.45, 7) is 1.70. The first-order chi connectivity index (χ1) is 21.0. The molecule has 3 aromatic carbocycles. The van der Waals surface area contributed by atoms with Gasteiger partial charge in [0.25, 0.3) is 5.69 Å². The van der Waals surface area contributed by atoms with Crippen LogP contribution in [-0.2, 0) is 19.2 Å². The van der Waals surface area contributed by atoms with E-state index < -0.39 is 75.1 Å². The highest BCUT2D eigenvalue weighted by Crippen LogP contribution is 2.63. The minimum atomic E-state index is -1.34. The maximum Gasteiger partial charge on any atom is 0.269 e. The summed E-state index contributed by atoms with van der Waals surface area (Å²) in [6, 6.07) is 17.6. The van der Waals surface area contributed by atoms with Crippen LogP contribution >= 0.6 is 0 Å². The zero-order valence-electron chi connectivity index (χ0n) is 23.4. The molecule has 4 amide bonds. The summed E-state index contributed by atoms with van der Waals surface area (Å²) in [4.78, 5) is 68.9. The van der Waals surface area contributed by atoms with Crippen molar-refractivity contribution in [2.75, 3.05) is 9.80 Å². The number of allylic oxidation sites excluding steroid dienone is 2. The number of hydrogen-bond acceptors (Lipinski definition) is 7. The maximum atomic E-state index is 14.8. The summed E-state index contributed by atoms with van der Waals surface area (Å²) in [6.07, 6.45) is 2.16. The molecule has 2 heterocycles. The minimum absolute atomic E-state index is 0.127. The fourth-order valence-corrected chi connectivity index (χ4v) is 7.90. The highest BCUT2D eigenvalue weighted by molar-refractivity contribution is 6.25. The third kappa shape index (κ3) is 3.71. The van der Waals surface area contributed by atoms with Crippen molar-refractivity contribution in [1.82, 2.24) is 0 Å². The average molecular weight is 596 g/mol. The van der Waals surface area contributed by atoms with Crippen LogP contribution in [0.15, 0.2) is 84.4 Å². The molecule has 7 rings (SSSR count). The summed E-state index contributed by atoms with van der Waals surface area (Å²) >= 11 is 0. The fraction of sp³-hybridized carbons (Fsp3) is 0.273. The van der Waals surface area contributed by atoms with Crippen molar-refractivity contribution in [3.8, 4) is 5.75 Å². The molecule has 3 fully saturated rings. The molecule has 3 aromatic rings. The van der Waals surface area contributed by atoms with E-state index >= 15 is 0 Å². The monoisotopic (exact) mass is 595 g/mol. The van der Waals surface area contributed by atoms with E-state index in [4.69, 9.17) is 0 Å². The van der Waals surface area contributed by atoms with Crippen molar-refractivity contribution < 1.29 is 33.6 Å². The van der Waals surface area contributed by atoms with Crippen molar-refractivity contribution in [1.29, 1.82) is 0 Å². The lowest BCUT2D eigenvalue weighted by molar-refractivity contribution is -0.384. The summed E-state index contributed by atoms with van der Waals surface area (Å²) in [5.74, 6) is -7.13. The van der Waals surface area contributed by atoms with E-state index in [1.807, 2.05) is 6.08 Å². The van der Waals surface area contributed by atoms with Gasteiger partial charge in [0, 0.05) is 18.1 Å². The number of anilines is 2. The molecule has 0 radical (unpaired) electrons. The Morgan fingerprint density at radius 1 is 0.886 bits per heavy atom. The van der Waals surface area contributed by atoms with Gasteiger partial charge in [-0.05, 0) is 67.6 Å². The molecule has 0 spiro atoms. The van der Waals surface area contributed by atoms with E-state index in [1.165, 1.54) is 36.4 Å². The Bertz CT molecular complexity index is 1810. The van der Waals surface area contributed by atoms with Crippen LogP contribution in [-0.4, -0.2) is 33.7 Å². The van der Waals surface area contributed by atoms with Gasteiger partial charge in [0.05, 0.1) is 39.5 Å². The van der Waals surface area contributed by atoms with Crippen LogP contribution in [0.4, 0.5) is 21.5 Å². The molecule has 0 aromatic heterocycles.